The molecule has 0 atom stereocenters. The fourth-order valence-corrected chi connectivity index (χ4v) is 2.39. The highest BCUT2D eigenvalue weighted by atomic mass is 35.5. The molecule has 2 rings (SSSR count). The van der Waals surface area contributed by atoms with E-state index in [9.17, 15) is 0 Å². The van der Waals surface area contributed by atoms with Crippen LogP contribution in [0, 0.1) is 0 Å². The number of halogens is 1. The zero-order valence-corrected chi connectivity index (χ0v) is 14.4. The summed E-state index contributed by atoms with van der Waals surface area (Å²) in [7, 11) is 3.25. The lowest BCUT2D eigenvalue weighted by Crippen LogP contribution is -2.02. The molecular weight excluding hydrogens is 314 g/mol. The first kappa shape index (κ1) is 17.3. The molecule has 0 aromatic heterocycles. The molecule has 2 aromatic carbocycles. The van der Waals surface area contributed by atoms with Crippen molar-refractivity contribution in [3.8, 4) is 17.2 Å². The summed E-state index contributed by atoms with van der Waals surface area (Å²) in [5.41, 5.74) is 2.03. The summed E-state index contributed by atoms with van der Waals surface area (Å²) in [6.07, 6.45) is 0.963. The van der Waals surface area contributed by atoms with E-state index < -0.39 is 0 Å². The highest BCUT2D eigenvalue weighted by molar-refractivity contribution is 6.32. The van der Waals surface area contributed by atoms with Crippen molar-refractivity contribution in [3.05, 3.63) is 47.0 Å². The predicted molar refractivity (Wildman–Crippen MR) is 94.1 cm³/mol. The van der Waals surface area contributed by atoms with Gasteiger partial charge in [0.25, 0.3) is 0 Å². The van der Waals surface area contributed by atoms with Crippen LogP contribution in [0.15, 0.2) is 36.4 Å². The van der Waals surface area contributed by atoms with Crippen molar-refractivity contribution in [3.63, 3.8) is 0 Å². The average molecular weight is 336 g/mol. The lowest BCUT2D eigenvalue weighted by atomic mass is 10.2. The molecule has 0 spiro atoms. The van der Waals surface area contributed by atoms with E-state index in [0.717, 1.165) is 29.2 Å². The van der Waals surface area contributed by atoms with Crippen LogP contribution in [0.1, 0.15) is 18.9 Å². The molecule has 0 aliphatic carbocycles. The van der Waals surface area contributed by atoms with Crippen LogP contribution in [0.4, 0.5) is 5.69 Å². The molecule has 1 N–H and O–H groups in total. The zero-order valence-electron chi connectivity index (χ0n) is 13.7. The van der Waals surface area contributed by atoms with Crippen LogP contribution in [0.25, 0.3) is 0 Å². The molecule has 0 saturated heterocycles. The third-order valence-electron chi connectivity index (χ3n) is 3.34. The third-order valence-corrected chi connectivity index (χ3v) is 3.63. The van der Waals surface area contributed by atoms with Crippen LogP contribution < -0.4 is 19.5 Å². The second kappa shape index (κ2) is 8.53. The van der Waals surface area contributed by atoms with Crippen molar-refractivity contribution >= 4 is 17.3 Å². The molecule has 0 amide bonds. The maximum Gasteiger partial charge on any atom is 0.161 e. The molecule has 0 saturated carbocycles. The van der Waals surface area contributed by atoms with Crippen LogP contribution in [-0.4, -0.2) is 20.8 Å². The summed E-state index contributed by atoms with van der Waals surface area (Å²) in [5.74, 6) is 2.17. The van der Waals surface area contributed by atoms with Gasteiger partial charge in [0.2, 0.25) is 0 Å². The zero-order chi connectivity index (χ0) is 16.7. The smallest absolute Gasteiger partial charge is 0.161 e. The first-order valence-corrected chi connectivity index (χ1v) is 7.92. The second-order valence-electron chi connectivity index (χ2n) is 5.04. The molecule has 0 aliphatic rings. The molecule has 4 nitrogen and oxygen atoms in total. The number of nitrogens with one attached hydrogen (secondary N) is 1. The minimum atomic E-state index is 0.582. The van der Waals surface area contributed by atoms with Crippen molar-refractivity contribution < 1.29 is 14.2 Å². The highest BCUT2D eigenvalue weighted by Crippen LogP contribution is 2.30. The predicted octanol–water partition coefficient (Wildman–Crippen LogP) is 4.76. The number of rotatable bonds is 8. The van der Waals surface area contributed by atoms with Crippen LogP contribution in [-0.2, 0) is 6.54 Å². The molecule has 0 bridgehead atoms. The van der Waals surface area contributed by atoms with E-state index in [0.29, 0.717) is 23.9 Å². The van der Waals surface area contributed by atoms with Gasteiger partial charge in [0.15, 0.2) is 11.5 Å². The Hall–Kier alpha value is -2.07. The molecule has 0 radical (unpaired) electrons. The average Bonchev–Trinajstić information content (AvgIpc) is 2.58. The van der Waals surface area contributed by atoms with E-state index >= 15 is 0 Å². The van der Waals surface area contributed by atoms with Crippen LogP contribution >= 0.6 is 11.6 Å². The third kappa shape index (κ3) is 4.70. The lowest BCUT2D eigenvalue weighted by molar-refractivity contribution is 0.294. The van der Waals surface area contributed by atoms with Gasteiger partial charge in [-0.05, 0) is 42.3 Å². The molecule has 2 aromatic rings. The van der Waals surface area contributed by atoms with Crippen molar-refractivity contribution in [1.29, 1.82) is 0 Å². The van der Waals surface area contributed by atoms with Crippen LogP contribution in [0.3, 0.4) is 0 Å². The van der Waals surface area contributed by atoms with Gasteiger partial charge in [-0.25, -0.2) is 0 Å². The number of hydrogen-bond acceptors (Lipinski definition) is 4. The highest BCUT2D eigenvalue weighted by Gasteiger charge is 2.06. The molecule has 0 aliphatic heterocycles. The first-order chi connectivity index (χ1) is 11.2. The summed E-state index contributed by atoms with van der Waals surface area (Å²) in [6.45, 7) is 3.41. The summed E-state index contributed by atoms with van der Waals surface area (Å²) >= 11 is 6.13. The van der Waals surface area contributed by atoms with Crippen molar-refractivity contribution in [2.75, 3.05) is 26.1 Å². The Kier molecular flexibility index (Phi) is 6.41. The van der Waals surface area contributed by atoms with Crippen LogP contribution in [0.2, 0.25) is 5.02 Å². The van der Waals surface area contributed by atoms with Gasteiger partial charge in [0, 0.05) is 12.2 Å². The SMILES string of the molecule is CCCOc1ccc(CNc2ccc(OC)c(Cl)c2)cc1OC. The number of anilines is 1. The van der Waals surface area contributed by atoms with E-state index in [1.165, 1.54) is 0 Å². The lowest BCUT2D eigenvalue weighted by Gasteiger charge is -2.13. The fraction of sp³-hybridized carbons (Fsp3) is 0.333. The maximum atomic E-state index is 6.13. The topological polar surface area (TPSA) is 39.7 Å². The maximum absolute atomic E-state index is 6.13. The molecule has 0 fully saturated rings. The van der Waals surface area contributed by atoms with Gasteiger partial charge in [0.1, 0.15) is 5.75 Å². The molecule has 124 valence electrons. The van der Waals surface area contributed by atoms with Crippen molar-refractivity contribution in [1.82, 2.24) is 0 Å². The van der Waals surface area contributed by atoms with Gasteiger partial charge in [-0.2, -0.15) is 0 Å². The Bertz CT molecular complexity index is 646. The monoisotopic (exact) mass is 335 g/mol. The fourth-order valence-electron chi connectivity index (χ4n) is 2.13. The second-order valence-corrected chi connectivity index (χ2v) is 5.44. The molecule has 23 heavy (non-hydrogen) atoms. The Labute approximate surface area is 142 Å². The summed E-state index contributed by atoms with van der Waals surface area (Å²) in [5, 5.41) is 3.91. The molecular formula is C18H22ClNO3. The summed E-state index contributed by atoms with van der Waals surface area (Å²) in [4.78, 5) is 0. The van der Waals surface area contributed by atoms with Gasteiger partial charge in [-0.1, -0.05) is 24.6 Å². The van der Waals surface area contributed by atoms with Gasteiger partial charge >= 0.3 is 0 Å². The number of ether oxygens (including phenoxy) is 3. The summed E-state index contributed by atoms with van der Waals surface area (Å²) < 4.78 is 16.2. The molecule has 0 unspecified atom stereocenters. The van der Waals surface area contributed by atoms with Gasteiger partial charge in [-0.3, -0.25) is 0 Å². The Balaban J connectivity index is 2.04. The largest absolute Gasteiger partial charge is 0.495 e. The minimum Gasteiger partial charge on any atom is -0.495 e. The van der Waals surface area contributed by atoms with Crippen LogP contribution in [0.5, 0.6) is 17.2 Å². The standard InChI is InChI=1S/C18H22ClNO3/c1-4-9-23-17-7-5-13(10-18(17)22-3)12-20-14-6-8-16(21-2)15(19)11-14/h5-8,10-11,20H,4,9,12H2,1-3H3. The van der Waals surface area contributed by atoms with E-state index in [4.69, 9.17) is 25.8 Å². The Morgan fingerprint density at radius 3 is 2.35 bits per heavy atom. The van der Waals surface area contributed by atoms with Gasteiger partial charge in [0.05, 0.1) is 25.8 Å². The number of hydrogen-bond donors (Lipinski definition) is 1. The minimum absolute atomic E-state index is 0.582. The molecule has 0 heterocycles. The van der Waals surface area contributed by atoms with Crippen molar-refractivity contribution in [2.45, 2.75) is 19.9 Å². The first-order valence-electron chi connectivity index (χ1n) is 7.55. The Morgan fingerprint density at radius 2 is 1.70 bits per heavy atom. The molecule has 5 heteroatoms. The quantitative estimate of drug-likeness (QED) is 0.755. The van der Waals surface area contributed by atoms with E-state index in [1.54, 1.807) is 14.2 Å². The number of methoxy groups -OCH3 is 2. The van der Waals surface area contributed by atoms with Crippen molar-refractivity contribution in [2.24, 2.45) is 0 Å². The normalized spacial score (nSPS) is 10.3. The van der Waals surface area contributed by atoms with Gasteiger partial charge in [-0.15, -0.1) is 0 Å². The van der Waals surface area contributed by atoms with Gasteiger partial charge < -0.3 is 19.5 Å². The number of benzene rings is 2. The van der Waals surface area contributed by atoms with E-state index in [2.05, 4.69) is 12.2 Å². The summed E-state index contributed by atoms with van der Waals surface area (Å²) in [6, 6.07) is 11.5. The van der Waals surface area contributed by atoms with E-state index in [1.807, 2.05) is 36.4 Å². The van der Waals surface area contributed by atoms with E-state index in [-0.39, 0.29) is 0 Å². The Morgan fingerprint density at radius 1 is 0.957 bits per heavy atom.